The molecular weight excluding hydrogens is 156 g/mol. The monoisotopic (exact) mass is 168 g/mol. The molecule has 0 radical (unpaired) electrons. The summed E-state index contributed by atoms with van der Waals surface area (Å²) in [5.74, 6) is 1.71. The van der Waals surface area contributed by atoms with Crippen molar-refractivity contribution in [3.63, 3.8) is 0 Å². The zero-order chi connectivity index (χ0) is 8.46. The van der Waals surface area contributed by atoms with Crippen molar-refractivity contribution in [1.82, 2.24) is 0 Å². The maximum Gasteiger partial charge on any atom is 0.302 e. The van der Waals surface area contributed by atoms with Gasteiger partial charge in [-0.1, -0.05) is 0 Å². The van der Waals surface area contributed by atoms with E-state index >= 15 is 0 Å². The largest absolute Gasteiger partial charge is 0.462 e. The summed E-state index contributed by atoms with van der Waals surface area (Å²) in [5, 5.41) is 9.64. The quantitative estimate of drug-likeness (QED) is 0.568. The third-order valence-corrected chi connectivity index (χ3v) is 3.77. The van der Waals surface area contributed by atoms with Crippen LogP contribution in [0.5, 0.6) is 0 Å². The second-order valence-electron chi connectivity index (χ2n) is 4.28. The molecule has 0 aliphatic heterocycles. The molecule has 4 bridgehead atoms. The van der Waals surface area contributed by atoms with Gasteiger partial charge in [0.15, 0.2) is 0 Å². The molecule has 12 heavy (non-hydrogen) atoms. The average molecular weight is 168 g/mol. The van der Waals surface area contributed by atoms with Crippen LogP contribution in [0.3, 0.4) is 0 Å². The van der Waals surface area contributed by atoms with E-state index in [0.717, 1.165) is 6.42 Å². The highest BCUT2D eigenvalue weighted by molar-refractivity contribution is 5.66. The SMILES string of the molecule is CC(=O)O[C@@H]1[C@H]2CC3[C@H]([C@@H]2O)[C@@H]31. The lowest BCUT2D eigenvalue weighted by molar-refractivity contribution is -0.148. The molecule has 4 rings (SSSR count). The molecule has 1 N–H and O–H groups in total. The molecule has 0 aromatic heterocycles. The maximum absolute atomic E-state index is 10.7. The Labute approximate surface area is 70.7 Å². The van der Waals surface area contributed by atoms with Crippen molar-refractivity contribution in [3.8, 4) is 0 Å². The Morgan fingerprint density at radius 1 is 1.42 bits per heavy atom. The molecule has 4 fully saturated rings. The molecular formula is C9H12O3. The summed E-state index contributed by atoms with van der Waals surface area (Å²) in [6.45, 7) is 1.44. The van der Waals surface area contributed by atoms with Gasteiger partial charge in [0, 0.05) is 18.8 Å². The first-order chi connectivity index (χ1) is 5.70. The van der Waals surface area contributed by atoms with Gasteiger partial charge in [-0.2, -0.15) is 0 Å². The topological polar surface area (TPSA) is 46.5 Å². The smallest absolute Gasteiger partial charge is 0.302 e. The lowest BCUT2D eigenvalue weighted by Gasteiger charge is -2.16. The van der Waals surface area contributed by atoms with Crippen LogP contribution < -0.4 is 0 Å². The third-order valence-electron chi connectivity index (χ3n) is 3.77. The lowest BCUT2D eigenvalue weighted by atomic mass is 10.1. The summed E-state index contributed by atoms with van der Waals surface area (Å²) < 4.78 is 5.19. The predicted molar refractivity (Wildman–Crippen MR) is 40.1 cm³/mol. The molecule has 0 heterocycles. The third kappa shape index (κ3) is 0.600. The Morgan fingerprint density at radius 2 is 2.17 bits per heavy atom. The number of rotatable bonds is 1. The van der Waals surface area contributed by atoms with Gasteiger partial charge >= 0.3 is 5.97 Å². The van der Waals surface area contributed by atoms with E-state index in [-0.39, 0.29) is 24.1 Å². The Kier molecular flexibility index (Phi) is 1.06. The van der Waals surface area contributed by atoms with Crippen molar-refractivity contribution in [2.75, 3.05) is 0 Å². The molecule has 0 spiro atoms. The summed E-state index contributed by atoms with van der Waals surface area (Å²) in [4.78, 5) is 10.7. The second kappa shape index (κ2) is 1.84. The molecule has 0 aromatic rings. The van der Waals surface area contributed by atoms with Gasteiger partial charge in [-0.05, 0) is 18.3 Å². The minimum absolute atomic E-state index is 0.0486. The number of aliphatic hydroxyl groups is 1. The van der Waals surface area contributed by atoms with Gasteiger partial charge in [-0.25, -0.2) is 0 Å². The number of hydrogen-bond acceptors (Lipinski definition) is 3. The number of ether oxygens (including phenoxy) is 1. The molecule has 3 nitrogen and oxygen atoms in total. The average Bonchev–Trinajstić information content (AvgIpc) is 2.34. The zero-order valence-electron chi connectivity index (χ0n) is 6.93. The number of esters is 1. The molecule has 0 amide bonds. The summed E-state index contributed by atoms with van der Waals surface area (Å²) in [7, 11) is 0. The van der Waals surface area contributed by atoms with Crippen molar-refractivity contribution in [2.45, 2.75) is 25.6 Å². The van der Waals surface area contributed by atoms with Crippen molar-refractivity contribution in [3.05, 3.63) is 0 Å². The molecule has 4 aliphatic carbocycles. The van der Waals surface area contributed by atoms with Gasteiger partial charge in [-0.15, -0.1) is 0 Å². The fourth-order valence-corrected chi connectivity index (χ4v) is 3.40. The second-order valence-corrected chi connectivity index (χ2v) is 4.28. The van der Waals surface area contributed by atoms with Crippen molar-refractivity contribution in [1.29, 1.82) is 0 Å². The summed E-state index contributed by atoms with van der Waals surface area (Å²) in [5.41, 5.74) is 0. The van der Waals surface area contributed by atoms with Crippen LogP contribution >= 0.6 is 0 Å². The van der Waals surface area contributed by atoms with Crippen LogP contribution in [0.4, 0.5) is 0 Å². The van der Waals surface area contributed by atoms with Crippen LogP contribution in [0.1, 0.15) is 13.3 Å². The van der Waals surface area contributed by atoms with E-state index in [1.54, 1.807) is 0 Å². The highest BCUT2D eigenvalue weighted by atomic mass is 16.5. The zero-order valence-corrected chi connectivity index (χ0v) is 6.93. The van der Waals surface area contributed by atoms with E-state index in [1.807, 2.05) is 0 Å². The normalized spacial score (nSPS) is 58.8. The summed E-state index contributed by atoms with van der Waals surface area (Å²) in [6, 6.07) is 0. The van der Waals surface area contributed by atoms with Crippen LogP contribution in [-0.4, -0.2) is 23.3 Å². The van der Waals surface area contributed by atoms with E-state index in [9.17, 15) is 9.90 Å². The molecule has 6 atom stereocenters. The first-order valence-corrected chi connectivity index (χ1v) is 4.55. The number of carbonyl (C=O) groups excluding carboxylic acids is 1. The molecule has 4 aliphatic rings. The van der Waals surface area contributed by atoms with Gasteiger partial charge < -0.3 is 9.84 Å². The molecule has 1 unspecified atom stereocenters. The fraction of sp³-hybridized carbons (Fsp3) is 0.889. The van der Waals surface area contributed by atoms with Gasteiger partial charge in [0.05, 0.1) is 6.10 Å². The highest BCUT2D eigenvalue weighted by Gasteiger charge is 2.74. The van der Waals surface area contributed by atoms with Gasteiger partial charge in [0.2, 0.25) is 0 Å². The minimum atomic E-state index is -0.203. The maximum atomic E-state index is 10.7. The van der Waals surface area contributed by atoms with E-state index in [0.29, 0.717) is 17.8 Å². The van der Waals surface area contributed by atoms with Crippen LogP contribution in [0.25, 0.3) is 0 Å². The van der Waals surface area contributed by atoms with E-state index in [1.165, 1.54) is 6.92 Å². The van der Waals surface area contributed by atoms with E-state index < -0.39 is 0 Å². The first-order valence-electron chi connectivity index (χ1n) is 4.55. The van der Waals surface area contributed by atoms with Gasteiger partial charge in [0.25, 0.3) is 0 Å². The Morgan fingerprint density at radius 3 is 2.50 bits per heavy atom. The predicted octanol–water partition coefficient (Wildman–Crippen LogP) is 0.175. The number of aliphatic hydroxyl groups excluding tert-OH is 1. The summed E-state index contributed by atoms with van der Waals surface area (Å²) in [6.07, 6.45) is 0.950. The Bertz CT molecular complexity index is 250. The lowest BCUT2D eigenvalue weighted by Crippen LogP contribution is -2.24. The molecule has 66 valence electrons. The van der Waals surface area contributed by atoms with Crippen LogP contribution in [-0.2, 0) is 9.53 Å². The molecule has 3 heteroatoms. The van der Waals surface area contributed by atoms with Crippen molar-refractivity contribution >= 4 is 5.97 Å². The molecule has 4 saturated carbocycles. The van der Waals surface area contributed by atoms with Crippen molar-refractivity contribution in [2.24, 2.45) is 23.7 Å². The van der Waals surface area contributed by atoms with Crippen LogP contribution in [0, 0.1) is 23.7 Å². The molecule has 0 aromatic carbocycles. The fourth-order valence-electron chi connectivity index (χ4n) is 3.40. The van der Waals surface area contributed by atoms with E-state index in [2.05, 4.69) is 0 Å². The number of hydrogen-bond donors (Lipinski definition) is 1. The van der Waals surface area contributed by atoms with Gasteiger partial charge in [0.1, 0.15) is 6.10 Å². The Hall–Kier alpha value is -0.570. The first kappa shape index (κ1) is 6.89. The van der Waals surface area contributed by atoms with Crippen LogP contribution in [0.2, 0.25) is 0 Å². The van der Waals surface area contributed by atoms with Crippen LogP contribution in [0.15, 0.2) is 0 Å². The molecule has 0 saturated heterocycles. The van der Waals surface area contributed by atoms with Crippen molar-refractivity contribution < 1.29 is 14.6 Å². The minimum Gasteiger partial charge on any atom is -0.462 e. The van der Waals surface area contributed by atoms with E-state index in [4.69, 9.17) is 4.74 Å². The summed E-state index contributed by atoms with van der Waals surface area (Å²) >= 11 is 0. The highest BCUT2D eigenvalue weighted by Crippen LogP contribution is 2.71. The van der Waals surface area contributed by atoms with Gasteiger partial charge in [-0.3, -0.25) is 4.79 Å². The number of carbonyl (C=O) groups is 1. The standard InChI is InChI=1S/C9H12O3/c1-3(10)12-9-5-2-4-6(7(4)9)8(5)11/h4-9,11H,2H2,1H3/t4?,5-,6-,7+,8+,9+/m0/s1. The Balaban J connectivity index is 1.80.